The fourth-order valence-corrected chi connectivity index (χ4v) is 4.26. The van der Waals surface area contributed by atoms with Crippen molar-refractivity contribution in [3.63, 3.8) is 0 Å². The minimum atomic E-state index is -0.640. The van der Waals surface area contributed by atoms with E-state index in [0.29, 0.717) is 6.54 Å². The lowest BCUT2D eigenvalue weighted by Crippen LogP contribution is -2.47. The van der Waals surface area contributed by atoms with Crippen molar-refractivity contribution < 1.29 is 4.79 Å². The van der Waals surface area contributed by atoms with Crippen LogP contribution in [0.2, 0.25) is 0 Å². The third-order valence-electron chi connectivity index (χ3n) is 5.09. The molecule has 0 radical (unpaired) electrons. The highest BCUT2D eigenvalue weighted by Crippen LogP contribution is 2.41. The van der Waals surface area contributed by atoms with E-state index < -0.39 is 5.41 Å². The molecule has 0 atom stereocenters. The van der Waals surface area contributed by atoms with Crippen molar-refractivity contribution in [3.05, 3.63) is 22.4 Å². The van der Waals surface area contributed by atoms with Crippen molar-refractivity contribution in [1.82, 2.24) is 10.6 Å². The van der Waals surface area contributed by atoms with E-state index in [9.17, 15) is 4.79 Å². The van der Waals surface area contributed by atoms with Gasteiger partial charge >= 0.3 is 0 Å². The summed E-state index contributed by atoms with van der Waals surface area (Å²) in [5, 5.41) is 8.98. The molecule has 140 valence electrons. The van der Waals surface area contributed by atoms with Crippen LogP contribution in [0, 0.1) is 5.41 Å². The first kappa shape index (κ1) is 19.8. The first-order valence-electron chi connectivity index (χ1n) is 9.26. The molecule has 1 saturated carbocycles. The van der Waals surface area contributed by atoms with Gasteiger partial charge in [0.1, 0.15) is 0 Å². The maximum Gasteiger partial charge on any atom is 0.224 e. The molecule has 4 N–H and O–H groups in total. The van der Waals surface area contributed by atoms with Gasteiger partial charge in [-0.15, -0.1) is 11.3 Å². The summed E-state index contributed by atoms with van der Waals surface area (Å²) < 4.78 is 0. The fourth-order valence-electron chi connectivity index (χ4n) is 3.27. The third kappa shape index (κ3) is 5.21. The predicted octanol–water partition coefficient (Wildman–Crippen LogP) is 3.02. The summed E-state index contributed by atoms with van der Waals surface area (Å²) in [5.74, 6) is 0.438. The van der Waals surface area contributed by atoms with Gasteiger partial charge in [0.2, 0.25) is 5.91 Å². The number of carbonyl (C=O) groups is 1. The zero-order chi connectivity index (χ0) is 18.3. The van der Waals surface area contributed by atoms with Crippen LogP contribution in [0.5, 0.6) is 0 Å². The van der Waals surface area contributed by atoms with E-state index in [4.69, 9.17) is 5.73 Å². The molecule has 5 nitrogen and oxygen atoms in total. The molecular weight excluding hydrogens is 332 g/mol. The Morgan fingerprint density at radius 3 is 2.60 bits per heavy atom. The fraction of sp³-hybridized carbons (Fsp3) is 0.684. The molecule has 0 saturated heterocycles. The van der Waals surface area contributed by atoms with Crippen molar-refractivity contribution in [3.8, 4) is 0 Å². The molecule has 25 heavy (non-hydrogen) atoms. The number of rotatable bonds is 7. The third-order valence-corrected chi connectivity index (χ3v) is 6.21. The quantitative estimate of drug-likeness (QED) is 0.514. The summed E-state index contributed by atoms with van der Waals surface area (Å²) in [7, 11) is 0. The van der Waals surface area contributed by atoms with E-state index in [1.165, 1.54) is 37.0 Å². The summed E-state index contributed by atoms with van der Waals surface area (Å²) in [6.07, 6.45) is 6.32. The standard InChI is InChI=1S/C19H32N4OS/c1-4-21-17(22-13-18(2,3)16(20)24)23-14-19(10-6-5-7-11-19)15-9-8-12-25-15/h8-9,12H,4-7,10-11,13-14H2,1-3H3,(H2,20,24)(H2,21,22,23). The molecular formula is C19H32N4OS. The highest BCUT2D eigenvalue weighted by Gasteiger charge is 2.35. The number of nitrogens with two attached hydrogens (primary N) is 1. The highest BCUT2D eigenvalue weighted by atomic mass is 32.1. The van der Waals surface area contributed by atoms with Gasteiger partial charge in [0, 0.05) is 23.4 Å². The van der Waals surface area contributed by atoms with E-state index in [1.807, 2.05) is 32.1 Å². The smallest absolute Gasteiger partial charge is 0.224 e. The molecule has 6 heteroatoms. The van der Waals surface area contributed by atoms with Crippen LogP contribution in [0.1, 0.15) is 57.8 Å². The maximum atomic E-state index is 11.5. The Kier molecular flexibility index (Phi) is 6.87. The average molecular weight is 365 g/mol. The van der Waals surface area contributed by atoms with Crippen LogP contribution in [0.3, 0.4) is 0 Å². The number of hydrogen-bond donors (Lipinski definition) is 3. The minimum Gasteiger partial charge on any atom is -0.369 e. The maximum absolute atomic E-state index is 11.5. The van der Waals surface area contributed by atoms with E-state index >= 15 is 0 Å². The van der Waals surface area contributed by atoms with E-state index in [0.717, 1.165) is 19.0 Å². The second-order valence-corrected chi connectivity index (χ2v) is 8.56. The summed E-state index contributed by atoms with van der Waals surface area (Å²) >= 11 is 1.85. The normalized spacial score (nSPS) is 18.0. The first-order chi connectivity index (χ1) is 11.9. The number of hydrogen-bond acceptors (Lipinski definition) is 3. The van der Waals surface area contributed by atoms with Gasteiger partial charge in [-0.25, -0.2) is 0 Å². The SMILES string of the molecule is CCNC(=NCC(C)(C)C(N)=O)NCC1(c2cccs2)CCCCC1. The van der Waals surface area contributed by atoms with Gasteiger partial charge in [0.15, 0.2) is 5.96 Å². The number of nitrogens with zero attached hydrogens (tertiary/aromatic N) is 1. The molecule has 1 amide bonds. The number of carbonyl (C=O) groups excluding carboxylic acids is 1. The molecule has 0 bridgehead atoms. The lowest BCUT2D eigenvalue weighted by atomic mass is 9.73. The molecule has 0 aliphatic heterocycles. The molecule has 1 aliphatic rings. The number of amides is 1. The van der Waals surface area contributed by atoms with Crippen molar-refractivity contribution in [1.29, 1.82) is 0 Å². The Bertz CT molecular complexity index is 574. The molecule has 2 rings (SSSR count). The monoisotopic (exact) mass is 364 g/mol. The summed E-state index contributed by atoms with van der Waals surface area (Å²) in [6.45, 7) is 7.74. The zero-order valence-electron chi connectivity index (χ0n) is 15.7. The second-order valence-electron chi connectivity index (χ2n) is 7.62. The van der Waals surface area contributed by atoms with Gasteiger partial charge in [-0.05, 0) is 45.1 Å². The van der Waals surface area contributed by atoms with Gasteiger partial charge in [-0.2, -0.15) is 0 Å². The Morgan fingerprint density at radius 1 is 1.32 bits per heavy atom. The van der Waals surface area contributed by atoms with Gasteiger partial charge in [0.25, 0.3) is 0 Å². The van der Waals surface area contributed by atoms with Crippen LogP contribution in [-0.4, -0.2) is 31.5 Å². The summed E-state index contributed by atoms with van der Waals surface area (Å²) in [4.78, 5) is 17.6. The topological polar surface area (TPSA) is 79.5 Å². The van der Waals surface area contributed by atoms with Crippen molar-refractivity contribution in [2.75, 3.05) is 19.6 Å². The molecule has 1 heterocycles. The Balaban J connectivity index is 2.09. The zero-order valence-corrected chi connectivity index (χ0v) is 16.5. The predicted molar refractivity (Wildman–Crippen MR) is 106 cm³/mol. The van der Waals surface area contributed by atoms with Gasteiger partial charge in [-0.3, -0.25) is 9.79 Å². The van der Waals surface area contributed by atoms with Crippen LogP contribution >= 0.6 is 11.3 Å². The average Bonchev–Trinajstić information content (AvgIpc) is 3.13. The van der Waals surface area contributed by atoms with E-state index in [2.05, 4.69) is 33.1 Å². The van der Waals surface area contributed by atoms with E-state index in [-0.39, 0.29) is 11.3 Å². The highest BCUT2D eigenvalue weighted by molar-refractivity contribution is 7.10. The lowest BCUT2D eigenvalue weighted by Gasteiger charge is -2.37. The number of guanidine groups is 1. The molecule has 1 aliphatic carbocycles. The number of nitrogens with one attached hydrogen (secondary N) is 2. The molecule has 0 unspecified atom stereocenters. The van der Waals surface area contributed by atoms with Gasteiger partial charge in [-0.1, -0.05) is 25.3 Å². The number of thiophene rings is 1. The van der Waals surface area contributed by atoms with Crippen molar-refractivity contribution in [2.45, 2.75) is 58.3 Å². The van der Waals surface area contributed by atoms with Gasteiger partial charge < -0.3 is 16.4 Å². The van der Waals surface area contributed by atoms with Crippen LogP contribution in [0.25, 0.3) is 0 Å². The number of aliphatic imine (C=N–C) groups is 1. The van der Waals surface area contributed by atoms with Crippen LogP contribution in [0.15, 0.2) is 22.5 Å². The minimum absolute atomic E-state index is 0.196. The molecule has 0 spiro atoms. The largest absolute Gasteiger partial charge is 0.369 e. The number of primary amides is 1. The van der Waals surface area contributed by atoms with Crippen molar-refractivity contribution >= 4 is 23.2 Å². The van der Waals surface area contributed by atoms with E-state index in [1.54, 1.807) is 0 Å². The summed E-state index contributed by atoms with van der Waals surface area (Å²) in [6, 6.07) is 4.41. The lowest BCUT2D eigenvalue weighted by molar-refractivity contribution is -0.125. The van der Waals surface area contributed by atoms with Crippen molar-refractivity contribution in [2.24, 2.45) is 16.1 Å². The molecule has 1 aromatic heterocycles. The van der Waals surface area contributed by atoms with Crippen LogP contribution in [-0.2, 0) is 10.2 Å². The van der Waals surface area contributed by atoms with Gasteiger partial charge in [0.05, 0.1) is 12.0 Å². The second kappa shape index (κ2) is 8.70. The Labute approximate surface area is 155 Å². The molecule has 1 aromatic rings. The van der Waals surface area contributed by atoms with Crippen LogP contribution < -0.4 is 16.4 Å². The Morgan fingerprint density at radius 2 is 2.04 bits per heavy atom. The molecule has 0 aromatic carbocycles. The Hall–Kier alpha value is -1.56. The molecule has 1 fully saturated rings. The van der Waals surface area contributed by atoms with Crippen LogP contribution in [0.4, 0.5) is 0 Å². The first-order valence-corrected chi connectivity index (χ1v) is 10.1. The summed E-state index contributed by atoms with van der Waals surface area (Å²) in [5.41, 5.74) is 5.01.